The number of carbonyl (C=O) groups is 1. The van der Waals surface area contributed by atoms with Gasteiger partial charge in [0.2, 0.25) is 5.95 Å². The van der Waals surface area contributed by atoms with E-state index >= 15 is 0 Å². The molecule has 0 atom stereocenters. The van der Waals surface area contributed by atoms with E-state index in [1.54, 1.807) is 42.7 Å². The van der Waals surface area contributed by atoms with Crippen molar-refractivity contribution in [3.63, 3.8) is 0 Å². The van der Waals surface area contributed by atoms with Crippen molar-refractivity contribution < 1.29 is 9.53 Å². The molecule has 0 saturated carbocycles. The molecule has 1 aromatic heterocycles. The van der Waals surface area contributed by atoms with Crippen molar-refractivity contribution in [1.29, 1.82) is 0 Å². The summed E-state index contributed by atoms with van der Waals surface area (Å²) in [4.78, 5) is 20.2. The number of carbonyl (C=O) groups excluding carboxylic acids is 1. The lowest BCUT2D eigenvalue weighted by atomic mass is 10.1. The van der Waals surface area contributed by atoms with Crippen molar-refractivity contribution in [3.05, 3.63) is 52.8 Å². The topological polar surface area (TPSA) is 76.1 Å². The Kier molecular flexibility index (Phi) is 4.73. The first kappa shape index (κ1) is 15.3. The second-order valence-corrected chi connectivity index (χ2v) is 5.33. The number of rotatable bonds is 5. The summed E-state index contributed by atoms with van der Waals surface area (Å²) in [6.07, 6.45) is 5.11. The number of anilines is 1. The highest BCUT2D eigenvalue weighted by Crippen LogP contribution is 2.28. The third-order valence-corrected chi connectivity index (χ3v) is 3.47. The van der Waals surface area contributed by atoms with Gasteiger partial charge < -0.3 is 15.4 Å². The first-order valence-electron chi connectivity index (χ1n) is 7.14. The average Bonchev–Trinajstić information content (AvgIpc) is 2.58. The Bertz CT molecular complexity index is 734. The van der Waals surface area contributed by atoms with Crippen molar-refractivity contribution in [1.82, 2.24) is 15.3 Å². The second kappa shape index (κ2) is 7.11. The minimum atomic E-state index is -0.161. The van der Waals surface area contributed by atoms with E-state index in [1.165, 1.54) is 0 Å². The molecule has 23 heavy (non-hydrogen) atoms. The Morgan fingerprint density at radius 2 is 2.09 bits per heavy atom. The van der Waals surface area contributed by atoms with Crippen LogP contribution < -0.4 is 15.4 Å². The smallest absolute Gasteiger partial charge is 0.250 e. The molecule has 0 bridgehead atoms. The van der Waals surface area contributed by atoms with Crippen molar-refractivity contribution in [2.75, 3.05) is 25.0 Å². The van der Waals surface area contributed by atoms with Gasteiger partial charge in [0.1, 0.15) is 12.4 Å². The normalized spacial score (nSPS) is 12.7. The highest BCUT2D eigenvalue weighted by Gasteiger charge is 2.17. The summed E-state index contributed by atoms with van der Waals surface area (Å²) < 4.78 is 5.56. The number of amides is 1. The second-order valence-electron chi connectivity index (χ2n) is 4.90. The summed E-state index contributed by atoms with van der Waals surface area (Å²) in [6, 6.07) is 7.08. The van der Waals surface area contributed by atoms with Gasteiger partial charge in [0, 0.05) is 36.1 Å². The first-order chi connectivity index (χ1) is 11.2. The Morgan fingerprint density at radius 3 is 2.91 bits per heavy atom. The van der Waals surface area contributed by atoms with Crippen LogP contribution in [0.4, 0.5) is 5.95 Å². The van der Waals surface area contributed by atoms with Crippen LogP contribution in [-0.2, 0) is 4.79 Å². The molecular weight excluding hydrogens is 316 g/mol. The van der Waals surface area contributed by atoms with E-state index in [1.807, 2.05) is 0 Å². The molecule has 2 aromatic rings. The van der Waals surface area contributed by atoms with Gasteiger partial charge in [-0.3, -0.25) is 4.79 Å². The maximum absolute atomic E-state index is 12.2. The molecule has 1 aromatic carbocycles. The van der Waals surface area contributed by atoms with Gasteiger partial charge in [0.05, 0.1) is 5.57 Å². The number of hydrogen-bond donors (Lipinski definition) is 2. The van der Waals surface area contributed by atoms with Gasteiger partial charge in [-0.2, -0.15) is 0 Å². The Hall–Kier alpha value is -2.60. The fraction of sp³-hybridized carbons (Fsp3) is 0.188. The van der Waals surface area contributed by atoms with Gasteiger partial charge in [-0.25, -0.2) is 9.97 Å². The molecule has 1 aliphatic heterocycles. The van der Waals surface area contributed by atoms with Gasteiger partial charge in [-0.15, -0.1) is 0 Å². The number of aromatic nitrogens is 2. The van der Waals surface area contributed by atoms with Crippen LogP contribution in [0.15, 0.2) is 42.2 Å². The molecule has 0 spiro atoms. The number of nitrogens with one attached hydrogen (secondary N) is 2. The summed E-state index contributed by atoms with van der Waals surface area (Å²) in [6.45, 7) is 1.23. The molecular formula is C16H15ClN4O2. The van der Waals surface area contributed by atoms with E-state index in [0.717, 1.165) is 11.3 Å². The molecule has 0 saturated heterocycles. The van der Waals surface area contributed by atoms with Crippen LogP contribution in [0.5, 0.6) is 5.75 Å². The lowest BCUT2D eigenvalue weighted by Crippen LogP contribution is -2.32. The number of ether oxygens (including phenoxy) is 1. The molecule has 0 unspecified atom stereocenters. The van der Waals surface area contributed by atoms with E-state index in [9.17, 15) is 4.79 Å². The van der Waals surface area contributed by atoms with Gasteiger partial charge in [-0.1, -0.05) is 11.6 Å². The molecule has 1 aliphatic rings. The molecule has 118 valence electrons. The third-order valence-electron chi connectivity index (χ3n) is 3.24. The zero-order chi connectivity index (χ0) is 16.1. The van der Waals surface area contributed by atoms with Crippen LogP contribution in [0, 0.1) is 0 Å². The molecule has 6 nitrogen and oxygen atoms in total. The fourth-order valence-corrected chi connectivity index (χ4v) is 2.31. The van der Waals surface area contributed by atoms with E-state index in [2.05, 4.69) is 20.6 Å². The number of fused-ring (bicyclic) bond motifs is 1. The average molecular weight is 331 g/mol. The monoisotopic (exact) mass is 330 g/mol. The SMILES string of the molecule is O=C(NCCNc1ncccn1)C1=Cc2cc(Cl)ccc2OC1. The van der Waals surface area contributed by atoms with E-state index < -0.39 is 0 Å². The predicted octanol–water partition coefficient (Wildman–Crippen LogP) is 2.13. The van der Waals surface area contributed by atoms with Crippen molar-refractivity contribution in [3.8, 4) is 5.75 Å². The Balaban J connectivity index is 1.53. The quantitative estimate of drug-likeness (QED) is 0.821. The summed E-state index contributed by atoms with van der Waals surface area (Å²) in [5.74, 6) is 1.10. The minimum absolute atomic E-state index is 0.161. The van der Waals surface area contributed by atoms with Crippen LogP contribution in [0.25, 0.3) is 6.08 Å². The molecule has 2 N–H and O–H groups in total. The fourth-order valence-electron chi connectivity index (χ4n) is 2.13. The highest BCUT2D eigenvalue weighted by molar-refractivity contribution is 6.30. The molecule has 2 heterocycles. The zero-order valence-electron chi connectivity index (χ0n) is 12.3. The Morgan fingerprint density at radius 1 is 1.26 bits per heavy atom. The van der Waals surface area contributed by atoms with Crippen molar-refractivity contribution in [2.24, 2.45) is 0 Å². The number of halogens is 1. The van der Waals surface area contributed by atoms with E-state index in [0.29, 0.717) is 29.6 Å². The van der Waals surface area contributed by atoms with Gasteiger partial charge in [-0.05, 0) is 30.3 Å². The molecule has 0 radical (unpaired) electrons. The summed E-state index contributed by atoms with van der Waals surface area (Å²) >= 11 is 5.96. The predicted molar refractivity (Wildman–Crippen MR) is 88.5 cm³/mol. The maximum Gasteiger partial charge on any atom is 0.250 e. The third kappa shape index (κ3) is 3.98. The van der Waals surface area contributed by atoms with Gasteiger partial charge in [0.15, 0.2) is 0 Å². The molecule has 1 amide bonds. The van der Waals surface area contributed by atoms with Crippen molar-refractivity contribution >= 4 is 29.5 Å². The van der Waals surface area contributed by atoms with E-state index in [-0.39, 0.29) is 12.5 Å². The lowest BCUT2D eigenvalue weighted by Gasteiger charge is -2.17. The van der Waals surface area contributed by atoms with Crippen molar-refractivity contribution in [2.45, 2.75) is 0 Å². The highest BCUT2D eigenvalue weighted by atomic mass is 35.5. The van der Waals surface area contributed by atoms with Crippen LogP contribution in [-0.4, -0.2) is 35.6 Å². The van der Waals surface area contributed by atoms with E-state index in [4.69, 9.17) is 16.3 Å². The standard InChI is InChI=1S/C16H15ClN4O2/c17-13-2-3-14-11(9-13)8-12(10-23-14)15(22)18-6-7-21-16-19-4-1-5-20-16/h1-5,8-9H,6-7,10H2,(H,18,22)(H,19,20,21). The van der Waals surface area contributed by atoms with Crippen LogP contribution in [0.2, 0.25) is 5.02 Å². The van der Waals surface area contributed by atoms with Crippen LogP contribution in [0.3, 0.4) is 0 Å². The molecule has 0 aliphatic carbocycles. The van der Waals surface area contributed by atoms with Crippen LogP contribution >= 0.6 is 11.6 Å². The molecule has 3 rings (SSSR count). The van der Waals surface area contributed by atoms with Gasteiger partial charge in [0.25, 0.3) is 5.91 Å². The molecule has 0 fully saturated rings. The largest absolute Gasteiger partial charge is 0.488 e. The van der Waals surface area contributed by atoms with Crippen LogP contribution in [0.1, 0.15) is 5.56 Å². The number of hydrogen-bond acceptors (Lipinski definition) is 5. The summed E-state index contributed by atoms with van der Waals surface area (Å²) in [5.41, 5.74) is 1.38. The van der Waals surface area contributed by atoms with Gasteiger partial charge >= 0.3 is 0 Å². The number of benzene rings is 1. The minimum Gasteiger partial charge on any atom is -0.488 e. The molecule has 7 heteroatoms. The number of nitrogens with zero attached hydrogens (tertiary/aromatic N) is 2. The zero-order valence-corrected chi connectivity index (χ0v) is 13.0. The summed E-state index contributed by atoms with van der Waals surface area (Å²) in [7, 11) is 0. The maximum atomic E-state index is 12.2. The summed E-state index contributed by atoms with van der Waals surface area (Å²) in [5, 5.41) is 6.46. The first-order valence-corrected chi connectivity index (χ1v) is 7.52. The Labute approximate surface area is 138 Å². The lowest BCUT2D eigenvalue weighted by molar-refractivity contribution is -0.117.